The minimum atomic E-state index is -0.230. The van der Waals surface area contributed by atoms with Gasteiger partial charge in [-0.05, 0) is 30.5 Å². The number of nitrogens with zero attached hydrogens (tertiary/aromatic N) is 1. The first kappa shape index (κ1) is 12.6. The summed E-state index contributed by atoms with van der Waals surface area (Å²) in [6.07, 6.45) is 1.62. The Kier molecular flexibility index (Phi) is 4.18. The Labute approximate surface area is 110 Å². The molecule has 92 valence electrons. The average molecular weight is 298 g/mol. The predicted molar refractivity (Wildman–Crippen MR) is 69.7 cm³/mol. The van der Waals surface area contributed by atoms with Crippen LogP contribution in [0.1, 0.15) is 18.4 Å². The number of benzene rings is 1. The molecule has 1 N–H and O–H groups in total. The Morgan fingerprint density at radius 3 is 2.47 bits per heavy atom. The minimum Gasteiger partial charge on any atom is -0.393 e. The van der Waals surface area contributed by atoms with E-state index in [0.717, 1.165) is 10.0 Å². The van der Waals surface area contributed by atoms with Crippen molar-refractivity contribution < 1.29 is 9.90 Å². The number of hydrogen-bond donors (Lipinski definition) is 1. The van der Waals surface area contributed by atoms with E-state index in [9.17, 15) is 9.90 Å². The molecule has 1 saturated heterocycles. The third-order valence-electron chi connectivity index (χ3n) is 3.09. The summed E-state index contributed by atoms with van der Waals surface area (Å²) < 4.78 is 1.02. The van der Waals surface area contributed by atoms with Gasteiger partial charge in [0.1, 0.15) is 0 Å². The highest BCUT2D eigenvalue weighted by Gasteiger charge is 2.20. The van der Waals surface area contributed by atoms with Crippen LogP contribution in [0.2, 0.25) is 0 Å². The van der Waals surface area contributed by atoms with Gasteiger partial charge in [0, 0.05) is 17.6 Å². The number of aliphatic hydroxyl groups excluding tert-OH is 1. The zero-order chi connectivity index (χ0) is 12.3. The molecule has 1 amide bonds. The van der Waals surface area contributed by atoms with Crippen LogP contribution >= 0.6 is 15.9 Å². The maximum absolute atomic E-state index is 12.0. The maximum atomic E-state index is 12.0. The fraction of sp³-hybridized carbons (Fsp3) is 0.462. The van der Waals surface area contributed by atoms with Crippen LogP contribution in [0.3, 0.4) is 0 Å². The zero-order valence-electron chi connectivity index (χ0n) is 9.60. The lowest BCUT2D eigenvalue weighted by atomic mass is 10.1. The maximum Gasteiger partial charge on any atom is 0.226 e. The van der Waals surface area contributed by atoms with Crippen molar-refractivity contribution in [2.24, 2.45) is 0 Å². The van der Waals surface area contributed by atoms with Gasteiger partial charge in [0.05, 0.1) is 12.5 Å². The molecule has 0 aliphatic carbocycles. The molecular weight excluding hydrogens is 282 g/mol. The minimum absolute atomic E-state index is 0.152. The summed E-state index contributed by atoms with van der Waals surface area (Å²) in [6.45, 7) is 1.35. The second kappa shape index (κ2) is 5.65. The molecule has 3 nitrogen and oxygen atoms in total. The van der Waals surface area contributed by atoms with Crippen molar-refractivity contribution in [3.8, 4) is 0 Å². The van der Waals surface area contributed by atoms with Gasteiger partial charge in [-0.25, -0.2) is 0 Å². The quantitative estimate of drug-likeness (QED) is 0.907. The average Bonchev–Trinajstić information content (AvgIpc) is 2.33. The molecule has 1 heterocycles. The fourth-order valence-corrected chi connectivity index (χ4v) is 2.27. The van der Waals surface area contributed by atoms with Gasteiger partial charge in [0.25, 0.3) is 0 Å². The van der Waals surface area contributed by atoms with Crippen LogP contribution in [0.25, 0.3) is 0 Å². The number of carbonyl (C=O) groups excluding carboxylic acids is 1. The van der Waals surface area contributed by atoms with Gasteiger partial charge in [0.15, 0.2) is 0 Å². The van der Waals surface area contributed by atoms with Gasteiger partial charge in [-0.3, -0.25) is 4.79 Å². The first-order chi connectivity index (χ1) is 8.15. The second-order valence-corrected chi connectivity index (χ2v) is 5.33. The topological polar surface area (TPSA) is 40.5 Å². The van der Waals surface area contributed by atoms with Gasteiger partial charge in [-0.1, -0.05) is 28.1 Å². The van der Waals surface area contributed by atoms with Gasteiger partial charge >= 0.3 is 0 Å². The van der Waals surface area contributed by atoms with E-state index in [1.807, 2.05) is 29.2 Å². The first-order valence-electron chi connectivity index (χ1n) is 5.85. The van der Waals surface area contributed by atoms with E-state index in [0.29, 0.717) is 32.4 Å². The van der Waals surface area contributed by atoms with Gasteiger partial charge in [-0.2, -0.15) is 0 Å². The molecule has 1 fully saturated rings. The molecule has 0 unspecified atom stereocenters. The van der Waals surface area contributed by atoms with Crippen LogP contribution in [-0.2, 0) is 11.2 Å². The van der Waals surface area contributed by atoms with E-state index >= 15 is 0 Å². The summed E-state index contributed by atoms with van der Waals surface area (Å²) in [7, 11) is 0. The highest BCUT2D eigenvalue weighted by Crippen LogP contribution is 2.14. The molecule has 17 heavy (non-hydrogen) atoms. The standard InChI is InChI=1S/C13H16BrNO2/c14-11-3-1-10(2-4-11)9-13(17)15-7-5-12(16)6-8-15/h1-4,12,16H,5-9H2. The Morgan fingerprint density at radius 2 is 1.88 bits per heavy atom. The van der Waals surface area contributed by atoms with Crippen molar-refractivity contribution in [3.63, 3.8) is 0 Å². The number of carbonyl (C=O) groups is 1. The van der Waals surface area contributed by atoms with Crippen molar-refractivity contribution >= 4 is 21.8 Å². The van der Waals surface area contributed by atoms with E-state index in [2.05, 4.69) is 15.9 Å². The van der Waals surface area contributed by atoms with Crippen LogP contribution in [0.15, 0.2) is 28.7 Å². The summed E-state index contributed by atoms with van der Waals surface area (Å²) in [5.41, 5.74) is 1.03. The first-order valence-corrected chi connectivity index (χ1v) is 6.65. The number of piperidine rings is 1. The van der Waals surface area contributed by atoms with E-state index in [-0.39, 0.29) is 12.0 Å². The van der Waals surface area contributed by atoms with Crippen molar-refractivity contribution in [3.05, 3.63) is 34.3 Å². The van der Waals surface area contributed by atoms with Crippen LogP contribution < -0.4 is 0 Å². The lowest BCUT2D eigenvalue weighted by molar-refractivity contribution is -0.132. The summed E-state index contributed by atoms with van der Waals surface area (Å²) in [5.74, 6) is 0.152. The van der Waals surface area contributed by atoms with E-state index < -0.39 is 0 Å². The number of likely N-dealkylation sites (tertiary alicyclic amines) is 1. The predicted octanol–water partition coefficient (Wildman–Crippen LogP) is 1.97. The van der Waals surface area contributed by atoms with Gasteiger partial charge in [-0.15, -0.1) is 0 Å². The molecule has 1 aliphatic heterocycles. The SMILES string of the molecule is O=C(Cc1ccc(Br)cc1)N1CCC(O)CC1. The van der Waals surface area contributed by atoms with Crippen LogP contribution in [-0.4, -0.2) is 35.1 Å². The van der Waals surface area contributed by atoms with E-state index in [1.165, 1.54) is 0 Å². The van der Waals surface area contributed by atoms with Crippen molar-refractivity contribution in [1.82, 2.24) is 4.90 Å². The second-order valence-electron chi connectivity index (χ2n) is 4.42. The zero-order valence-corrected chi connectivity index (χ0v) is 11.2. The Bertz CT molecular complexity index is 383. The third kappa shape index (κ3) is 3.54. The molecule has 0 bridgehead atoms. The Morgan fingerprint density at radius 1 is 1.29 bits per heavy atom. The largest absolute Gasteiger partial charge is 0.393 e. The number of rotatable bonds is 2. The van der Waals surface area contributed by atoms with Crippen LogP contribution in [0.5, 0.6) is 0 Å². The molecule has 4 heteroatoms. The molecule has 0 spiro atoms. The van der Waals surface area contributed by atoms with Gasteiger partial charge < -0.3 is 10.0 Å². The Balaban J connectivity index is 1.90. The number of aliphatic hydroxyl groups is 1. The van der Waals surface area contributed by atoms with E-state index in [1.54, 1.807) is 0 Å². The smallest absolute Gasteiger partial charge is 0.226 e. The monoisotopic (exact) mass is 297 g/mol. The molecule has 0 aromatic heterocycles. The number of halogens is 1. The molecule has 0 atom stereocenters. The van der Waals surface area contributed by atoms with Crippen molar-refractivity contribution in [2.45, 2.75) is 25.4 Å². The normalized spacial score (nSPS) is 17.2. The van der Waals surface area contributed by atoms with Crippen LogP contribution in [0.4, 0.5) is 0 Å². The third-order valence-corrected chi connectivity index (χ3v) is 3.61. The molecule has 1 aromatic rings. The lowest BCUT2D eigenvalue weighted by Gasteiger charge is -2.29. The summed E-state index contributed by atoms with van der Waals surface area (Å²) in [4.78, 5) is 13.8. The fourth-order valence-electron chi connectivity index (χ4n) is 2.00. The molecule has 1 aliphatic rings. The lowest BCUT2D eigenvalue weighted by Crippen LogP contribution is -2.40. The summed E-state index contributed by atoms with van der Waals surface area (Å²) in [5, 5.41) is 9.39. The molecule has 0 radical (unpaired) electrons. The molecule has 0 saturated carbocycles. The van der Waals surface area contributed by atoms with Gasteiger partial charge in [0.2, 0.25) is 5.91 Å². The van der Waals surface area contributed by atoms with E-state index in [4.69, 9.17) is 0 Å². The van der Waals surface area contributed by atoms with Crippen molar-refractivity contribution in [1.29, 1.82) is 0 Å². The summed E-state index contributed by atoms with van der Waals surface area (Å²) >= 11 is 3.37. The van der Waals surface area contributed by atoms with Crippen LogP contribution in [0, 0.1) is 0 Å². The van der Waals surface area contributed by atoms with Crippen molar-refractivity contribution in [2.75, 3.05) is 13.1 Å². The molecular formula is C13H16BrNO2. The number of hydrogen-bond acceptors (Lipinski definition) is 2. The molecule has 1 aromatic carbocycles. The highest BCUT2D eigenvalue weighted by molar-refractivity contribution is 9.10. The number of amides is 1. The molecule has 2 rings (SSSR count). The summed E-state index contributed by atoms with van der Waals surface area (Å²) in [6, 6.07) is 7.81. The highest BCUT2D eigenvalue weighted by atomic mass is 79.9. The Hall–Kier alpha value is -0.870.